The number of benzene rings is 2. The summed E-state index contributed by atoms with van der Waals surface area (Å²) >= 11 is 3.29. The lowest BCUT2D eigenvalue weighted by atomic mass is 10.1. The van der Waals surface area contributed by atoms with Gasteiger partial charge in [0.1, 0.15) is 17.4 Å². The summed E-state index contributed by atoms with van der Waals surface area (Å²) < 4.78 is 11.1. The minimum absolute atomic E-state index is 0.189. The Balaban J connectivity index is 2.10. The van der Waals surface area contributed by atoms with Gasteiger partial charge in [0.2, 0.25) is 5.78 Å². The first-order valence-corrected chi connectivity index (χ1v) is 8.50. The third-order valence-electron chi connectivity index (χ3n) is 3.55. The van der Waals surface area contributed by atoms with E-state index in [1.165, 1.54) is 13.0 Å². The van der Waals surface area contributed by atoms with Crippen LogP contribution in [-0.4, -0.2) is 25.0 Å². The van der Waals surface area contributed by atoms with Gasteiger partial charge in [0, 0.05) is 10.0 Å². The Bertz CT molecular complexity index is 864. The Morgan fingerprint density at radius 2 is 1.73 bits per heavy atom. The summed E-state index contributed by atoms with van der Waals surface area (Å²) in [6.07, 6.45) is 0.398. The van der Waals surface area contributed by atoms with Gasteiger partial charge in [0.05, 0.1) is 7.11 Å². The molecule has 26 heavy (non-hydrogen) atoms. The van der Waals surface area contributed by atoms with Crippen molar-refractivity contribution in [2.45, 2.75) is 13.0 Å². The zero-order valence-electron chi connectivity index (χ0n) is 14.2. The largest absolute Gasteiger partial charge is 0.497 e. The summed E-state index contributed by atoms with van der Waals surface area (Å²) in [7, 11) is 1.55. The summed E-state index contributed by atoms with van der Waals surface area (Å²) in [6.45, 7) is 1.48. The molecule has 0 fully saturated rings. The van der Waals surface area contributed by atoms with Crippen LogP contribution in [0, 0.1) is 11.3 Å². The quantitative estimate of drug-likeness (QED) is 0.307. The van der Waals surface area contributed by atoms with E-state index in [9.17, 15) is 14.9 Å². The first-order valence-electron chi connectivity index (χ1n) is 7.71. The average molecular weight is 414 g/mol. The van der Waals surface area contributed by atoms with E-state index in [4.69, 9.17) is 9.47 Å². The van der Waals surface area contributed by atoms with Crippen molar-refractivity contribution < 1.29 is 19.1 Å². The number of methoxy groups -OCH3 is 1. The molecule has 2 aromatic rings. The summed E-state index contributed by atoms with van der Waals surface area (Å²) in [4.78, 5) is 24.5. The summed E-state index contributed by atoms with van der Waals surface area (Å²) in [5, 5.41) is 9.22. The van der Waals surface area contributed by atoms with E-state index < -0.39 is 12.1 Å². The van der Waals surface area contributed by atoms with Crippen LogP contribution < -0.4 is 4.74 Å². The molecule has 0 N–H and O–H groups in total. The van der Waals surface area contributed by atoms with Gasteiger partial charge in [-0.2, -0.15) is 5.26 Å². The maximum absolute atomic E-state index is 12.3. The fourth-order valence-corrected chi connectivity index (χ4v) is 2.39. The van der Waals surface area contributed by atoms with Crippen molar-refractivity contribution in [3.63, 3.8) is 0 Å². The normalized spacial score (nSPS) is 12.0. The van der Waals surface area contributed by atoms with Crippen molar-refractivity contribution >= 4 is 33.8 Å². The Hall–Kier alpha value is -2.91. The van der Waals surface area contributed by atoms with E-state index >= 15 is 0 Å². The lowest BCUT2D eigenvalue weighted by molar-refractivity contribution is -0.141. The molecule has 6 heteroatoms. The molecule has 0 heterocycles. The molecule has 0 bridgehead atoms. The highest BCUT2D eigenvalue weighted by Crippen LogP contribution is 2.16. The van der Waals surface area contributed by atoms with Crippen LogP contribution in [0.15, 0.2) is 58.6 Å². The number of halogens is 1. The molecule has 0 saturated carbocycles. The predicted molar refractivity (Wildman–Crippen MR) is 101 cm³/mol. The lowest BCUT2D eigenvalue weighted by Gasteiger charge is -2.12. The van der Waals surface area contributed by atoms with Crippen LogP contribution in [0.25, 0.3) is 6.08 Å². The van der Waals surface area contributed by atoms with Gasteiger partial charge in [-0.15, -0.1) is 0 Å². The third kappa shape index (κ3) is 5.04. The zero-order valence-corrected chi connectivity index (χ0v) is 15.8. The van der Waals surface area contributed by atoms with Gasteiger partial charge in [0.25, 0.3) is 0 Å². The maximum atomic E-state index is 12.3. The van der Waals surface area contributed by atoms with E-state index in [1.54, 1.807) is 55.6 Å². The van der Waals surface area contributed by atoms with Gasteiger partial charge in [-0.05, 0) is 42.8 Å². The molecule has 1 unspecified atom stereocenters. The average Bonchev–Trinajstić information content (AvgIpc) is 2.66. The third-order valence-corrected chi connectivity index (χ3v) is 4.08. The minimum atomic E-state index is -1.00. The van der Waals surface area contributed by atoms with Crippen LogP contribution >= 0.6 is 15.9 Å². The molecular weight excluding hydrogens is 398 g/mol. The fraction of sp³-hybridized carbons (Fsp3) is 0.150. The monoisotopic (exact) mass is 413 g/mol. The van der Waals surface area contributed by atoms with Crippen LogP contribution in [0.2, 0.25) is 0 Å². The minimum Gasteiger partial charge on any atom is -0.497 e. The number of Topliss-reactive ketones (excluding diaryl/α,β-unsaturated/α-hetero) is 1. The molecule has 2 rings (SSSR count). The number of carbonyl (C=O) groups excluding carboxylic acids is 2. The van der Waals surface area contributed by atoms with Gasteiger partial charge < -0.3 is 9.47 Å². The van der Waals surface area contributed by atoms with E-state index in [-0.39, 0.29) is 11.4 Å². The number of carbonyl (C=O) groups is 2. The van der Waals surface area contributed by atoms with Gasteiger partial charge in [-0.25, -0.2) is 4.79 Å². The smallest absolute Gasteiger partial charge is 0.349 e. The topological polar surface area (TPSA) is 76.4 Å². The molecule has 0 aromatic heterocycles. The molecular formula is C20H16BrNO4. The predicted octanol–water partition coefficient (Wildman–Crippen LogP) is 4.18. The summed E-state index contributed by atoms with van der Waals surface area (Å²) in [6, 6.07) is 15.4. The van der Waals surface area contributed by atoms with Crippen LogP contribution in [0.3, 0.4) is 0 Å². The van der Waals surface area contributed by atoms with Crippen molar-refractivity contribution in [2.75, 3.05) is 7.11 Å². The first-order chi connectivity index (χ1) is 12.4. The standard InChI is InChI=1S/C20H16BrNO4/c1-13(19(23)15-5-7-17(21)8-6-15)26-20(24)16(12-22)11-14-3-9-18(25-2)10-4-14/h3-11,13H,1-2H3/b16-11+. The lowest BCUT2D eigenvalue weighted by Crippen LogP contribution is -2.25. The molecule has 1 atom stereocenters. The van der Waals surface area contributed by atoms with Gasteiger partial charge in [-0.3, -0.25) is 4.79 Å². The van der Waals surface area contributed by atoms with Gasteiger partial charge in [0.15, 0.2) is 6.10 Å². The highest BCUT2D eigenvalue weighted by Gasteiger charge is 2.21. The highest BCUT2D eigenvalue weighted by atomic mass is 79.9. The molecule has 0 aliphatic rings. The molecule has 0 amide bonds. The Labute approximate surface area is 160 Å². The molecule has 5 nitrogen and oxygen atoms in total. The fourth-order valence-electron chi connectivity index (χ4n) is 2.13. The number of nitriles is 1. The molecule has 0 radical (unpaired) electrons. The SMILES string of the molecule is COc1ccc(/C=C(\C#N)C(=O)OC(C)C(=O)c2ccc(Br)cc2)cc1. The van der Waals surface area contributed by atoms with E-state index in [1.807, 2.05) is 6.07 Å². The number of hydrogen-bond donors (Lipinski definition) is 0. The number of hydrogen-bond acceptors (Lipinski definition) is 5. The van der Waals surface area contributed by atoms with Crippen molar-refractivity contribution in [3.05, 3.63) is 69.7 Å². The second-order valence-electron chi connectivity index (χ2n) is 5.36. The van der Waals surface area contributed by atoms with Crippen molar-refractivity contribution in [1.29, 1.82) is 5.26 Å². The number of esters is 1. The first kappa shape index (κ1) is 19.4. The molecule has 2 aromatic carbocycles. The summed E-state index contributed by atoms with van der Waals surface area (Å²) in [5.41, 5.74) is 0.878. The second-order valence-corrected chi connectivity index (χ2v) is 6.28. The molecule has 0 saturated heterocycles. The molecule has 0 spiro atoms. The Morgan fingerprint density at radius 1 is 1.12 bits per heavy atom. The van der Waals surface area contributed by atoms with Crippen LogP contribution in [0.1, 0.15) is 22.8 Å². The molecule has 132 valence electrons. The number of rotatable bonds is 6. The Morgan fingerprint density at radius 3 is 2.27 bits per heavy atom. The highest BCUT2D eigenvalue weighted by molar-refractivity contribution is 9.10. The van der Waals surface area contributed by atoms with Crippen molar-refractivity contribution in [3.8, 4) is 11.8 Å². The van der Waals surface area contributed by atoms with Crippen LogP contribution in [0.4, 0.5) is 0 Å². The van der Waals surface area contributed by atoms with Gasteiger partial charge in [-0.1, -0.05) is 40.2 Å². The zero-order chi connectivity index (χ0) is 19.1. The maximum Gasteiger partial charge on any atom is 0.349 e. The number of nitrogens with zero attached hydrogens (tertiary/aromatic N) is 1. The van der Waals surface area contributed by atoms with E-state index in [2.05, 4.69) is 15.9 Å². The second kappa shape index (κ2) is 8.97. The summed E-state index contributed by atoms with van der Waals surface area (Å²) in [5.74, 6) is -0.522. The number of ketones is 1. The number of ether oxygens (including phenoxy) is 2. The Kier molecular flexibility index (Phi) is 6.70. The van der Waals surface area contributed by atoms with Crippen molar-refractivity contribution in [2.24, 2.45) is 0 Å². The molecule has 0 aliphatic carbocycles. The molecule has 0 aliphatic heterocycles. The van der Waals surface area contributed by atoms with Crippen LogP contribution in [0.5, 0.6) is 5.75 Å². The van der Waals surface area contributed by atoms with Gasteiger partial charge >= 0.3 is 5.97 Å². The van der Waals surface area contributed by atoms with Crippen molar-refractivity contribution in [1.82, 2.24) is 0 Å². The van der Waals surface area contributed by atoms with Crippen LogP contribution in [-0.2, 0) is 9.53 Å². The van der Waals surface area contributed by atoms with E-state index in [0.29, 0.717) is 16.9 Å². The van der Waals surface area contributed by atoms with E-state index in [0.717, 1.165) is 4.47 Å².